The molecule has 5 nitrogen and oxygen atoms in total. The summed E-state index contributed by atoms with van der Waals surface area (Å²) in [5.74, 6) is 0.540. The van der Waals surface area contributed by atoms with E-state index in [0.717, 1.165) is 21.9 Å². The minimum absolute atomic E-state index is 0.0513. The van der Waals surface area contributed by atoms with E-state index in [1.807, 2.05) is 18.2 Å². The Kier molecular flexibility index (Phi) is 3.02. The van der Waals surface area contributed by atoms with Crippen molar-refractivity contribution in [2.75, 3.05) is 17.7 Å². The molecule has 0 fully saturated rings. The van der Waals surface area contributed by atoms with Gasteiger partial charge in [0.1, 0.15) is 0 Å². The second kappa shape index (κ2) is 4.70. The predicted octanol–water partition coefficient (Wildman–Crippen LogP) is 1.37. The number of fused-ring (bicyclic) bond motifs is 1. The van der Waals surface area contributed by atoms with Crippen molar-refractivity contribution in [3.05, 3.63) is 23.8 Å². The molecule has 1 aromatic rings. The second-order valence-electron chi connectivity index (χ2n) is 4.52. The zero-order chi connectivity index (χ0) is 13.4. The van der Waals surface area contributed by atoms with Crippen LogP contribution in [0.1, 0.15) is 18.4 Å². The summed E-state index contributed by atoms with van der Waals surface area (Å²) in [6, 6.07) is 5.97. The summed E-state index contributed by atoms with van der Waals surface area (Å²) in [6.07, 6.45) is 1.09. The third-order valence-corrected chi connectivity index (χ3v) is 4.33. The van der Waals surface area contributed by atoms with Gasteiger partial charge in [-0.2, -0.15) is 5.10 Å². The highest BCUT2D eigenvalue weighted by molar-refractivity contribution is 8.00. The van der Waals surface area contributed by atoms with Gasteiger partial charge in [-0.15, -0.1) is 11.8 Å². The van der Waals surface area contributed by atoms with Crippen molar-refractivity contribution in [2.24, 2.45) is 5.10 Å². The number of amides is 2. The molecule has 0 aromatic heterocycles. The molecule has 0 saturated heterocycles. The van der Waals surface area contributed by atoms with Crippen molar-refractivity contribution >= 4 is 35.0 Å². The number of benzene rings is 1. The van der Waals surface area contributed by atoms with Gasteiger partial charge in [0.15, 0.2) is 0 Å². The molecule has 0 bridgehead atoms. The topological polar surface area (TPSA) is 61.8 Å². The van der Waals surface area contributed by atoms with E-state index < -0.39 is 0 Å². The Hall–Kier alpha value is -1.82. The minimum Gasteiger partial charge on any atom is -0.314 e. The van der Waals surface area contributed by atoms with Crippen LogP contribution in [0, 0.1) is 0 Å². The lowest BCUT2D eigenvalue weighted by molar-refractivity contribution is -0.121. The zero-order valence-electron chi connectivity index (χ0n) is 10.5. The summed E-state index contributed by atoms with van der Waals surface area (Å²) in [4.78, 5) is 25.6. The normalized spacial score (nSPS) is 18.8. The monoisotopic (exact) mass is 275 g/mol. The van der Waals surface area contributed by atoms with Gasteiger partial charge in [-0.25, -0.2) is 5.43 Å². The molecule has 0 radical (unpaired) electrons. The molecule has 2 amide bonds. The van der Waals surface area contributed by atoms with Gasteiger partial charge in [0.25, 0.3) is 0 Å². The van der Waals surface area contributed by atoms with Crippen LogP contribution in [-0.4, -0.2) is 30.3 Å². The second-order valence-corrected chi connectivity index (χ2v) is 5.53. The number of anilines is 1. The van der Waals surface area contributed by atoms with Crippen molar-refractivity contribution in [2.45, 2.75) is 17.7 Å². The Morgan fingerprint density at radius 2 is 2.16 bits per heavy atom. The molecule has 0 aliphatic carbocycles. The van der Waals surface area contributed by atoms with Crippen LogP contribution in [0.15, 0.2) is 28.2 Å². The van der Waals surface area contributed by atoms with Crippen molar-refractivity contribution in [1.29, 1.82) is 0 Å². The highest BCUT2D eigenvalue weighted by atomic mass is 32.2. The number of carbonyl (C=O) groups excluding carboxylic acids is 2. The Balaban J connectivity index is 1.97. The van der Waals surface area contributed by atoms with Crippen LogP contribution in [0.25, 0.3) is 0 Å². The summed E-state index contributed by atoms with van der Waals surface area (Å²) in [6.45, 7) is 0. The first-order valence-corrected chi connectivity index (χ1v) is 7.03. The lowest BCUT2D eigenvalue weighted by Crippen LogP contribution is -2.31. The van der Waals surface area contributed by atoms with Crippen molar-refractivity contribution in [3.8, 4) is 0 Å². The van der Waals surface area contributed by atoms with Crippen molar-refractivity contribution in [3.63, 3.8) is 0 Å². The average Bonchev–Trinajstić information content (AvgIpc) is 2.44. The number of nitrogens with one attached hydrogen (secondary N) is 1. The predicted molar refractivity (Wildman–Crippen MR) is 74.5 cm³/mol. The Bertz CT molecular complexity index is 598. The van der Waals surface area contributed by atoms with E-state index in [1.165, 1.54) is 0 Å². The largest absolute Gasteiger partial charge is 0.314 e. The Labute approximate surface area is 115 Å². The van der Waals surface area contributed by atoms with Crippen molar-refractivity contribution < 1.29 is 9.59 Å². The summed E-state index contributed by atoms with van der Waals surface area (Å²) in [5, 5.41) is 4.08. The first-order valence-electron chi connectivity index (χ1n) is 6.04. The van der Waals surface area contributed by atoms with Gasteiger partial charge in [0, 0.05) is 24.8 Å². The molecule has 0 atom stereocenters. The third-order valence-electron chi connectivity index (χ3n) is 3.28. The highest BCUT2D eigenvalue weighted by Crippen LogP contribution is 2.35. The van der Waals surface area contributed by atoms with E-state index in [1.54, 1.807) is 23.7 Å². The quantitative estimate of drug-likeness (QED) is 0.842. The number of hydrogen-bond acceptors (Lipinski definition) is 4. The van der Waals surface area contributed by atoms with E-state index >= 15 is 0 Å². The molecule has 0 saturated carbocycles. The Morgan fingerprint density at radius 1 is 1.32 bits per heavy atom. The summed E-state index contributed by atoms with van der Waals surface area (Å²) >= 11 is 1.56. The summed E-state index contributed by atoms with van der Waals surface area (Å²) in [7, 11) is 1.79. The molecular weight excluding hydrogens is 262 g/mol. The molecule has 98 valence electrons. The SMILES string of the molecule is CN1C(=O)CSc2ccc(C3=NNC(=O)CC3)cc21. The maximum Gasteiger partial charge on any atom is 0.240 e. The maximum absolute atomic E-state index is 11.7. The zero-order valence-corrected chi connectivity index (χ0v) is 11.3. The molecule has 1 N–H and O–H groups in total. The fourth-order valence-electron chi connectivity index (χ4n) is 2.13. The molecule has 19 heavy (non-hydrogen) atoms. The number of carbonyl (C=O) groups is 2. The van der Waals surface area contributed by atoms with Gasteiger partial charge >= 0.3 is 0 Å². The van der Waals surface area contributed by atoms with Crippen LogP contribution in [0.5, 0.6) is 0 Å². The first-order chi connectivity index (χ1) is 9.15. The lowest BCUT2D eigenvalue weighted by Gasteiger charge is -2.26. The fourth-order valence-corrected chi connectivity index (χ4v) is 3.11. The molecule has 2 aliphatic rings. The van der Waals surface area contributed by atoms with Crippen molar-refractivity contribution in [1.82, 2.24) is 5.43 Å². The van der Waals surface area contributed by atoms with E-state index in [9.17, 15) is 9.59 Å². The van der Waals surface area contributed by atoms with Crippen LogP contribution >= 0.6 is 11.8 Å². The minimum atomic E-state index is -0.0513. The van der Waals surface area contributed by atoms with Gasteiger partial charge in [-0.05, 0) is 17.7 Å². The number of hydrazone groups is 1. The lowest BCUT2D eigenvalue weighted by atomic mass is 10.0. The van der Waals surface area contributed by atoms with Crippen LogP contribution in [-0.2, 0) is 9.59 Å². The highest BCUT2D eigenvalue weighted by Gasteiger charge is 2.23. The van der Waals surface area contributed by atoms with Gasteiger partial charge in [0.2, 0.25) is 11.8 Å². The molecule has 1 aromatic carbocycles. The summed E-state index contributed by atoms with van der Waals surface area (Å²) in [5.41, 5.74) is 5.23. The molecule has 2 heterocycles. The molecule has 3 rings (SSSR count). The molecule has 6 heteroatoms. The number of nitrogens with zero attached hydrogens (tertiary/aromatic N) is 2. The van der Waals surface area contributed by atoms with Crippen LogP contribution < -0.4 is 10.3 Å². The molecule has 2 aliphatic heterocycles. The Morgan fingerprint density at radius 3 is 2.89 bits per heavy atom. The van der Waals surface area contributed by atoms with Gasteiger partial charge < -0.3 is 4.90 Å². The van der Waals surface area contributed by atoms with Gasteiger partial charge in [0.05, 0.1) is 17.2 Å². The molecule has 0 spiro atoms. The van der Waals surface area contributed by atoms with Crippen LogP contribution in [0.3, 0.4) is 0 Å². The van der Waals surface area contributed by atoms with E-state index in [-0.39, 0.29) is 11.8 Å². The number of rotatable bonds is 1. The van der Waals surface area contributed by atoms with Crippen LogP contribution in [0.4, 0.5) is 5.69 Å². The van der Waals surface area contributed by atoms with Crippen LogP contribution in [0.2, 0.25) is 0 Å². The fraction of sp³-hybridized carbons (Fsp3) is 0.308. The van der Waals surface area contributed by atoms with Gasteiger partial charge in [-0.3, -0.25) is 9.59 Å². The standard InChI is InChI=1S/C13H13N3O2S/c1-16-10-6-8(9-3-5-12(17)15-14-9)2-4-11(10)19-7-13(16)18/h2,4,6H,3,5,7H2,1H3,(H,15,17). The van der Waals surface area contributed by atoms with Gasteiger partial charge in [-0.1, -0.05) is 6.07 Å². The third kappa shape index (κ3) is 2.23. The van der Waals surface area contributed by atoms with E-state index in [4.69, 9.17) is 0 Å². The smallest absolute Gasteiger partial charge is 0.240 e. The number of thioether (sulfide) groups is 1. The summed E-state index contributed by atoms with van der Waals surface area (Å²) < 4.78 is 0. The maximum atomic E-state index is 11.7. The molecule has 0 unspecified atom stereocenters. The first kappa shape index (κ1) is 12.2. The van der Waals surface area contributed by atoms with E-state index in [2.05, 4.69) is 10.5 Å². The molecular formula is C13H13N3O2S. The number of hydrogen-bond donors (Lipinski definition) is 1. The van der Waals surface area contributed by atoms with E-state index in [0.29, 0.717) is 18.6 Å². The average molecular weight is 275 g/mol.